The summed E-state index contributed by atoms with van der Waals surface area (Å²) in [6.45, 7) is 0.164. The number of hydrogen-bond donors (Lipinski definition) is 0. The zero-order chi connectivity index (χ0) is 22.0. The molecule has 7 nitrogen and oxygen atoms in total. The molecule has 0 bridgehead atoms. The molecule has 4 rings (SSSR count). The van der Waals surface area contributed by atoms with Crippen molar-refractivity contribution in [3.05, 3.63) is 105 Å². The van der Waals surface area contributed by atoms with Crippen LogP contribution in [0.2, 0.25) is 0 Å². The number of Topliss-reactive ketones (excluding diaryl/α,β-unsaturated/α-hetero) is 2. The predicted molar refractivity (Wildman–Crippen MR) is 114 cm³/mol. The van der Waals surface area contributed by atoms with Crippen LogP contribution < -0.4 is 9.47 Å². The maximum atomic E-state index is 12.6. The van der Waals surface area contributed by atoms with Gasteiger partial charge in [-0.3, -0.25) is 19.7 Å². The van der Waals surface area contributed by atoms with E-state index >= 15 is 0 Å². The second-order valence-corrected chi connectivity index (χ2v) is 6.88. The Balaban J connectivity index is 1.58. The molecule has 0 saturated carbocycles. The summed E-state index contributed by atoms with van der Waals surface area (Å²) in [5.74, 6) is 0.302. The number of fused-ring (bicyclic) bond motifs is 1. The second kappa shape index (κ2) is 8.23. The Morgan fingerprint density at radius 2 is 1.55 bits per heavy atom. The molecule has 0 aliphatic heterocycles. The summed E-state index contributed by atoms with van der Waals surface area (Å²) in [4.78, 5) is 35.5. The third-order valence-electron chi connectivity index (χ3n) is 4.95. The van der Waals surface area contributed by atoms with Crippen molar-refractivity contribution >= 4 is 23.3 Å². The first kappa shape index (κ1) is 20.0. The van der Waals surface area contributed by atoms with Crippen LogP contribution in [0, 0.1) is 10.1 Å². The molecule has 0 heterocycles. The molecule has 0 spiro atoms. The van der Waals surface area contributed by atoms with Crippen molar-refractivity contribution in [1.82, 2.24) is 0 Å². The third kappa shape index (κ3) is 3.93. The van der Waals surface area contributed by atoms with Gasteiger partial charge in [-0.2, -0.15) is 0 Å². The lowest BCUT2D eigenvalue weighted by atomic mass is 10.1. The number of carbonyl (C=O) groups excluding carboxylic acids is 2. The summed E-state index contributed by atoms with van der Waals surface area (Å²) in [7, 11) is 1.51. The highest BCUT2D eigenvalue weighted by atomic mass is 16.6. The van der Waals surface area contributed by atoms with Crippen LogP contribution in [0.1, 0.15) is 31.8 Å². The summed E-state index contributed by atoms with van der Waals surface area (Å²) in [5.41, 5.74) is 2.27. The number of rotatable bonds is 6. The number of carbonyl (C=O) groups is 2. The normalized spacial score (nSPS) is 12.5. The molecule has 0 aromatic heterocycles. The van der Waals surface area contributed by atoms with E-state index in [4.69, 9.17) is 9.47 Å². The van der Waals surface area contributed by atoms with E-state index in [0.29, 0.717) is 28.2 Å². The van der Waals surface area contributed by atoms with Gasteiger partial charge in [0.2, 0.25) is 0 Å². The Morgan fingerprint density at radius 3 is 2.13 bits per heavy atom. The predicted octanol–water partition coefficient (Wildman–Crippen LogP) is 4.65. The van der Waals surface area contributed by atoms with E-state index in [9.17, 15) is 19.7 Å². The number of nitro benzene ring substituents is 1. The van der Waals surface area contributed by atoms with Gasteiger partial charge in [-0.15, -0.1) is 0 Å². The van der Waals surface area contributed by atoms with Gasteiger partial charge in [0.1, 0.15) is 6.61 Å². The van der Waals surface area contributed by atoms with Crippen LogP contribution in [0.4, 0.5) is 5.69 Å². The fourth-order valence-corrected chi connectivity index (χ4v) is 3.34. The molecule has 7 heteroatoms. The molecule has 31 heavy (non-hydrogen) atoms. The monoisotopic (exact) mass is 415 g/mol. The molecule has 0 unspecified atom stereocenters. The molecule has 3 aromatic rings. The first-order valence-electron chi connectivity index (χ1n) is 9.42. The second-order valence-electron chi connectivity index (χ2n) is 6.88. The molecular weight excluding hydrogens is 398 g/mol. The topological polar surface area (TPSA) is 95.7 Å². The molecular formula is C24H17NO6. The maximum Gasteiger partial charge on any atom is 0.269 e. The number of nitrogens with zero attached hydrogens (tertiary/aromatic N) is 1. The van der Waals surface area contributed by atoms with Crippen LogP contribution in [0.5, 0.6) is 11.5 Å². The molecule has 154 valence electrons. The average Bonchev–Trinajstić information content (AvgIpc) is 3.03. The zero-order valence-corrected chi connectivity index (χ0v) is 16.5. The SMILES string of the molecule is COc1ccc(C=C2C(=O)c3ccccc3C2=O)cc1OCc1ccc([N+](=O)[O-])cc1. The Labute approximate surface area is 177 Å². The van der Waals surface area contributed by atoms with Crippen LogP contribution in [-0.4, -0.2) is 23.6 Å². The Hall–Kier alpha value is -4.26. The van der Waals surface area contributed by atoms with Crippen molar-refractivity contribution in [1.29, 1.82) is 0 Å². The number of allylic oxidation sites excluding steroid dienone is 1. The average molecular weight is 415 g/mol. The van der Waals surface area contributed by atoms with Gasteiger partial charge in [-0.05, 0) is 41.5 Å². The minimum absolute atomic E-state index is 0.00171. The number of methoxy groups -OCH3 is 1. The molecule has 0 saturated heterocycles. The van der Waals surface area contributed by atoms with Crippen LogP contribution in [-0.2, 0) is 6.61 Å². The van der Waals surface area contributed by atoms with E-state index in [0.717, 1.165) is 5.56 Å². The highest BCUT2D eigenvalue weighted by Gasteiger charge is 2.32. The Morgan fingerprint density at radius 1 is 0.903 bits per heavy atom. The molecule has 0 radical (unpaired) electrons. The molecule has 0 N–H and O–H groups in total. The summed E-state index contributed by atoms with van der Waals surface area (Å²) in [5, 5.41) is 10.8. The van der Waals surface area contributed by atoms with E-state index in [2.05, 4.69) is 0 Å². The first-order chi connectivity index (χ1) is 15.0. The molecule has 0 fully saturated rings. The summed E-state index contributed by atoms with van der Waals surface area (Å²) in [6.07, 6.45) is 1.54. The van der Waals surface area contributed by atoms with E-state index in [1.165, 1.54) is 19.2 Å². The largest absolute Gasteiger partial charge is 0.493 e. The summed E-state index contributed by atoms with van der Waals surface area (Å²) >= 11 is 0. The summed E-state index contributed by atoms with van der Waals surface area (Å²) < 4.78 is 11.2. The molecule has 3 aromatic carbocycles. The van der Waals surface area contributed by atoms with Crippen molar-refractivity contribution in [2.24, 2.45) is 0 Å². The lowest BCUT2D eigenvalue weighted by Crippen LogP contribution is -2.01. The van der Waals surface area contributed by atoms with Crippen molar-refractivity contribution in [3.8, 4) is 11.5 Å². The minimum Gasteiger partial charge on any atom is -0.493 e. The lowest BCUT2D eigenvalue weighted by Gasteiger charge is -2.12. The van der Waals surface area contributed by atoms with Crippen molar-refractivity contribution in [2.45, 2.75) is 6.61 Å². The third-order valence-corrected chi connectivity index (χ3v) is 4.95. The highest BCUT2D eigenvalue weighted by Crippen LogP contribution is 2.32. The molecule has 1 aliphatic carbocycles. The number of ketones is 2. The number of non-ortho nitro benzene ring substituents is 1. The van der Waals surface area contributed by atoms with Gasteiger partial charge in [-0.1, -0.05) is 30.3 Å². The van der Waals surface area contributed by atoms with Crippen molar-refractivity contribution in [3.63, 3.8) is 0 Å². The number of hydrogen-bond acceptors (Lipinski definition) is 6. The van der Waals surface area contributed by atoms with Crippen molar-refractivity contribution in [2.75, 3.05) is 7.11 Å². The summed E-state index contributed by atoms with van der Waals surface area (Å²) in [6, 6.07) is 17.9. The van der Waals surface area contributed by atoms with Crippen molar-refractivity contribution < 1.29 is 24.0 Å². The van der Waals surface area contributed by atoms with Crippen LogP contribution in [0.25, 0.3) is 6.08 Å². The van der Waals surface area contributed by atoms with Gasteiger partial charge < -0.3 is 9.47 Å². The van der Waals surface area contributed by atoms with E-state index < -0.39 is 4.92 Å². The van der Waals surface area contributed by atoms with E-state index in [1.54, 1.807) is 60.7 Å². The van der Waals surface area contributed by atoms with Gasteiger partial charge >= 0.3 is 0 Å². The minimum atomic E-state index is -0.464. The molecule has 0 atom stereocenters. The first-order valence-corrected chi connectivity index (χ1v) is 9.42. The van der Waals surface area contributed by atoms with Crippen LogP contribution >= 0.6 is 0 Å². The van der Waals surface area contributed by atoms with E-state index in [-0.39, 0.29) is 29.4 Å². The number of benzene rings is 3. The fourth-order valence-electron chi connectivity index (χ4n) is 3.34. The van der Waals surface area contributed by atoms with Crippen LogP contribution in [0.15, 0.2) is 72.3 Å². The molecule has 1 aliphatic rings. The smallest absolute Gasteiger partial charge is 0.269 e. The quantitative estimate of drug-likeness (QED) is 0.252. The Bertz CT molecular complexity index is 1190. The lowest BCUT2D eigenvalue weighted by molar-refractivity contribution is -0.384. The standard InChI is InChI=1S/C24H17NO6/c1-30-21-11-8-16(12-20-23(26)18-4-2-3-5-19(18)24(20)27)13-22(21)31-14-15-6-9-17(10-7-15)25(28)29/h2-13H,14H2,1H3. The fraction of sp³-hybridized carbons (Fsp3) is 0.0833. The van der Waals surface area contributed by atoms with E-state index in [1.807, 2.05) is 0 Å². The number of nitro groups is 1. The molecule has 0 amide bonds. The van der Waals surface area contributed by atoms with Gasteiger partial charge in [0, 0.05) is 23.3 Å². The highest BCUT2D eigenvalue weighted by molar-refractivity contribution is 6.41. The van der Waals surface area contributed by atoms with Gasteiger partial charge in [0.25, 0.3) is 5.69 Å². The zero-order valence-electron chi connectivity index (χ0n) is 16.5. The Kier molecular flexibility index (Phi) is 5.32. The van der Waals surface area contributed by atoms with Gasteiger partial charge in [0.15, 0.2) is 23.1 Å². The maximum absolute atomic E-state index is 12.6. The number of ether oxygens (including phenoxy) is 2. The van der Waals surface area contributed by atoms with Crippen LogP contribution in [0.3, 0.4) is 0 Å². The van der Waals surface area contributed by atoms with Gasteiger partial charge in [0.05, 0.1) is 17.6 Å². The van der Waals surface area contributed by atoms with Gasteiger partial charge in [-0.25, -0.2) is 0 Å².